The third-order valence-corrected chi connectivity index (χ3v) is 5.07. The number of aromatic hydroxyl groups is 1. The highest BCUT2D eigenvalue weighted by atomic mass is 35.5. The van der Waals surface area contributed by atoms with Crippen LogP contribution in [0, 0.1) is 0 Å². The smallest absolute Gasteiger partial charge is 0.230 e. The summed E-state index contributed by atoms with van der Waals surface area (Å²) in [6, 6.07) is 12.8. The monoisotopic (exact) mass is 388 g/mol. The van der Waals surface area contributed by atoms with Gasteiger partial charge in [0.15, 0.2) is 5.69 Å². The number of azo groups is 1. The standard InChI is InChI=1S/C17H10Cl2N4OS/c18-11-6-5-9(7-12(11)19)14-8-25-17(21-14)23-22-15-10-3-1-2-4-13(10)20-16(15)24/h1-8,20,24H. The number of H-pyrrole nitrogens is 1. The summed E-state index contributed by atoms with van der Waals surface area (Å²) in [4.78, 5) is 7.29. The van der Waals surface area contributed by atoms with Gasteiger partial charge in [0.1, 0.15) is 0 Å². The fourth-order valence-corrected chi connectivity index (χ4v) is 3.35. The summed E-state index contributed by atoms with van der Waals surface area (Å²) < 4.78 is 0. The van der Waals surface area contributed by atoms with Crippen molar-refractivity contribution in [1.82, 2.24) is 9.97 Å². The van der Waals surface area contributed by atoms with Gasteiger partial charge in [0.2, 0.25) is 11.0 Å². The predicted octanol–water partition coefficient (Wildman–Crippen LogP) is 6.72. The zero-order valence-corrected chi connectivity index (χ0v) is 14.9. The molecular formula is C17H10Cl2N4OS. The fourth-order valence-electron chi connectivity index (χ4n) is 2.41. The van der Waals surface area contributed by atoms with Gasteiger partial charge < -0.3 is 10.1 Å². The van der Waals surface area contributed by atoms with E-state index in [0.717, 1.165) is 22.2 Å². The van der Waals surface area contributed by atoms with Gasteiger partial charge in [-0.25, -0.2) is 4.98 Å². The van der Waals surface area contributed by atoms with Gasteiger partial charge in [0, 0.05) is 16.3 Å². The second-order valence-corrected chi connectivity index (χ2v) is 6.86. The molecular weight excluding hydrogens is 379 g/mol. The molecule has 0 bridgehead atoms. The van der Waals surface area contributed by atoms with Gasteiger partial charge in [0.05, 0.1) is 21.3 Å². The van der Waals surface area contributed by atoms with Crippen molar-refractivity contribution in [2.75, 3.05) is 0 Å². The molecule has 2 aromatic carbocycles. The van der Waals surface area contributed by atoms with Crippen LogP contribution in [-0.4, -0.2) is 15.1 Å². The number of benzene rings is 2. The van der Waals surface area contributed by atoms with Gasteiger partial charge in [-0.1, -0.05) is 47.5 Å². The summed E-state index contributed by atoms with van der Waals surface area (Å²) in [6.45, 7) is 0. The number of hydrogen-bond acceptors (Lipinski definition) is 5. The highest BCUT2D eigenvalue weighted by Gasteiger charge is 2.10. The predicted molar refractivity (Wildman–Crippen MR) is 102 cm³/mol. The highest BCUT2D eigenvalue weighted by Crippen LogP contribution is 2.37. The lowest BCUT2D eigenvalue weighted by Gasteiger charge is -1.98. The molecule has 0 aliphatic rings. The lowest BCUT2D eigenvalue weighted by molar-refractivity contribution is 0.459. The fraction of sp³-hybridized carbons (Fsp3) is 0. The summed E-state index contributed by atoms with van der Waals surface area (Å²) in [5, 5.41) is 22.4. The van der Waals surface area contributed by atoms with Gasteiger partial charge in [0.25, 0.3) is 0 Å². The number of thiazole rings is 1. The molecule has 0 amide bonds. The lowest BCUT2D eigenvalue weighted by atomic mass is 10.2. The van der Waals surface area contributed by atoms with E-state index >= 15 is 0 Å². The Labute approximate surface area is 156 Å². The summed E-state index contributed by atoms with van der Waals surface area (Å²) in [6.07, 6.45) is 0. The van der Waals surface area contributed by atoms with Gasteiger partial charge in [-0.2, -0.15) is 0 Å². The molecule has 5 nitrogen and oxygen atoms in total. The van der Waals surface area contributed by atoms with E-state index < -0.39 is 0 Å². The molecule has 8 heteroatoms. The molecule has 0 radical (unpaired) electrons. The quantitative estimate of drug-likeness (QED) is 0.382. The van der Waals surface area contributed by atoms with E-state index in [9.17, 15) is 5.11 Å². The van der Waals surface area contributed by atoms with E-state index in [2.05, 4.69) is 20.2 Å². The summed E-state index contributed by atoms with van der Waals surface area (Å²) >= 11 is 13.3. The molecule has 0 atom stereocenters. The molecule has 124 valence electrons. The molecule has 0 saturated carbocycles. The Morgan fingerprint density at radius 2 is 1.88 bits per heavy atom. The summed E-state index contributed by atoms with van der Waals surface area (Å²) in [5.41, 5.74) is 2.77. The number of hydrogen-bond donors (Lipinski definition) is 2. The first-order valence-corrected chi connectivity index (χ1v) is 8.88. The maximum Gasteiger partial charge on any atom is 0.230 e. The second kappa shape index (κ2) is 6.48. The molecule has 0 saturated heterocycles. The highest BCUT2D eigenvalue weighted by molar-refractivity contribution is 7.13. The van der Waals surface area contributed by atoms with E-state index in [1.54, 1.807) is 12.1 Å². The molecule has 0 aliphatic heterocycles. The van der Waals surface area contributed by atoms with Crippen LogP contribution in [0.4, 0.5) is 10.8 Å². The number of aromatic amines is 1. The number of rotatable bonds is 3. The molecule has 25 heavy (non-hydrogen) atoms. The Morgan fingerprint density at radius 1 is 1.04 bits per heavy atom. The Kier molecular flexibility index (Phi) is 4.17. The van der Waals surface area contributed by atoms with Crippen molar-refractivity contribution in [1.29, 1.82) is 0 Å². The number of aromatic nitrogens is 2. The zero-order valence-electron chi connectivity index (χ0n) is 12.6. The Bertz CT molecular complexity index is 1100. The molecule has 2 heterocycles. The SMILES string of the molecule is Oc1[nH]c2ccccc2c1N=Nc1nc(-c2ccc(Cl)c(Cl)c2)cs1. The number of fused-ring (bicyclic) bond motifs is 1. The van der Waals surface area contributed by atoms with Crippen LogP contribution in [-0.2, 0) is 0 Å². The molecule has 0 unspecified atom stereocenters. The van der Waals surface area contributed by atoms with Crippen LogP contribution in [0.2, 0.25) is 10.0 Å². The van der Waals surface area contributed by atoms with Gasteiger partial charge >= 0.3 is 0 Å². The molecule has 0 fully saturated rings. The van der Waals surface area contributed by atoms with E-state index in [4.69, 9.17) is 23.2 Å². The first-order valence-electron chi connectivity index (χ1n) is 7.24. The molecule has 0 aliphatic carbocycles. The normalized spacial score (nSPS) is 11.6. The average molecular weight is 389 g/mol. The minimum absolute atomic E-state index is 0.0220. The third-order valence-electron chi connectivity index (χ3n) is 3.60. The van der Waals surface area contributed by atoms with E-state index in [-0.39, 0.29) is 5.88 Å². The van der Waals surface area contributed by atoms with Crippen LogP contribution in [0.5, 0.6) is 5.88 Å². The largest absolute Gasteiger partial charge is 0.493 e. The molecule has 2 aromatic heterocycles. The number of nitrogens with zero attached hydrogens (tertiary/aromatic N) is 3. The van der Waals surface area contributed by atoms with Gasteiger partial charge in [-0.05, 0) is 18.2 Å². The average Bonchev–Trinajstić information content (AvgIpc) is 3.19. The van der Waals surface area contributed by atoms with E-state index in [0.29, 0.717) is 20.9 Å². The minimum atomic E-state index is -0.0220. The Morgan fingerprint density at radius 3 is 2.72 bits per heavy atom. The first-order chi connectivity index (χ1) is 12.1. The van der Waals surface area contributed by atoms with Crippen LogP contribution in [0.15, 0.2) is 58.1 Å². The van der Waals surface area contributed by atoms with Crippen molar-refractivity contribution in [3.63, 3.8) is 0 Å². The van der Waals surface area contributed by atoms with Crippen LogP contribution in [0.25, 0.3) is 22.2 Å². The maximum atomic E-state index is 10.00. The lowest BCUT2D eigenvalue weighted by Crippen LogP contribution is -1.77. The van der Waals surface area contributed by atoms with Crippen molar-refractivity contribution in [2.45, 2.75) is 0 Å². The number of para-hydroxylation sites is 1. The zero-order chi connectivity index (χ0) is 17.4. The third kappa shape index (κ3) is 3.11. The summed E-state index contributed by atoms with van der Waals surface area (Å²) in [5.74, 6) is -0.0220. The van der Waals surface area contributed by atoms with Crippen molar-refractivity contribution >= 4 is 56.3 Å². The van der Waals surface area contributed by atoms with Crippen molar-refractivity contribution in [3.8, 4) is 17.1 Å². The molecule has 0 spiro atoms. The first kappa shape index (κ1) is 16.1. The summed E-state index contributed by atoms with van der Waals surface area (Å²) in [7, 11) is 0. The van der Waals surface area contributed by atoms with E-state index in [1.807, 2.05) is 35.7 Å². The van der Waals surface area contributed by atoms with Crippen LogP contribution >= 0.6 is 34.5 Å². The van der Waals surface area contributed by atoms with Crippen molar-refractivity contribution in [3.05, 3.63) is 57.9 Å². The minimum Gasteiger partial charge on any atom is -0.493 e. The number of nitrogens with one attached hydrogen (secondary N) is 1. The van der Waals surface area contributed by atoms with Crippen LogP contribution < -0.4 is 0 Å². The Hall–Kier alpha value is -2.41. The maximum absolute atomic E-state index is 10.00. The molecule has 4 aromatic rings. The van der Waals surface area contributed by atoms with E-state index in [1.165, 1.54) is 11.3 Å². The van der Waals surface area contributed by atoms with Crippen LogP contribution in [0.3, 0.4) is 0 Å². The van der Waals surface area contributed by atoms with Gasteiger partial charge in [-0.3, -0.25) is 0 Å². The molecule has 2 N–H and O–H groups in total. The van der Waals surface area contributed by atoms with Crippen molar-refractivity contribution < 1.29 is 5.11 Å². The molecule has 4 rings (SSSR count). The Balaban J connectivity index is 1.65. The number of halogens is 2. The topological polar surface area (TPSA) is 73.6 Å². The van der Waals surface area contributed by atoms with Crippen molar-refractivity contribution in [2.24, 2.45) is 10.2 Å². The van der Waals surface area contributed by atoms with Gasteiger partial charge in [-0.15, -0.1) is 21.6 Å². The van der Waals surface area contributed by atoms with Crippen LogP contribution in [0.1, 0.15) is 0 Å². The second-order valence-electron chi connectivity index (χ2n) is 5.21.